The summed E-state index contributed by atoms with van der Waals surface area (Å²) in [6.45, 7) is 2.20. The second-order valence-electron chi connectivity index (χ2n) is 4.45. The topological polar surface area (TPSA) is 59.5 Å². The highest BCUT2D eigenvalue weighted by molar-refractivity contribution is 5.47. The molecular formula is C11H15N5. The van der Waals surface area contributed by atoms with E-state index >= 15 is 0 Å². The first kappa shape index (κ1) is 9.59. The summed E-state index contributed by atoms with van der Waals surface area (Å²) in [7, 11) is 2.14. The second kappa shape index (κ2) is 3.45. The molecule has 2 aromatic rings. The number of anilines is 1. The Morgan fingerprint density at radius 3 is 3.12 bits per heavy atom. The monoisotopic (exact) mass is 217 g/mol. The number of likely N-dealkylation sites (tertiary alicyclic amines) is 1. The Balaban J connectivity index is 2.04. The van der Waals surface area contributed by atoms with Gasteiger partial charge in [-0.25, -0.2) is 4.98 Å². The summed E-state index contributed by atoms with van der Waals surface area (Å²) in [5.41, 5.74) is 7.88. The van der Waals surface area contributed by atoms with Gasteiger partial charge in [-0.05, 0) is 20.0 Å². The zero-order valence-corrected chi connectivity index (χ0v) is 9.30. The Hall–Kier alpha value is -1.62. The van der Waals surface area contributed by atoms with E-state index in [1.807, 2.05) is 12.1 Å². The number of hydrogen-bond donors (Lipinski definition) is 1. The average molecular weight is 217 g/mol. The largest absolute Gasteiger partial charge is 0.384 e. The zero-order chi connectivity index (χ0) is 11.1. The van der Waals surface area contributed by atoms with Gasteiger partial charge in [0.2, 0.25) is 0 Å². The Morgan fingerprint density at radius 1 is 1.50 bits per heavy atom. The molecule has 16 heavy (non-hydrogen) atoms. The minimum Gasteiger partial charge on any atom is -0.384 e. The maximum Gasteiger partial charge on any atom is 0.157 e. The molecule has 0 bridgehead atoms. The molecule has 2 aromatic heterocycles. The molecule has 1 fully saturated rings. The molecule has 1 saturated heterocycles. The van der Waals surface area contributed by atoms with Crippen LogP contribution in [-0.2, 0) is 0 Å². The Bertz CT molecular complexity index is 518. The highest BCUT2D eigenvalue weighted by atomic mass is 15.3. The van der Waals surface area contributed by atoms with Crippen molar-refractivity contribution in [2.45, 2.75) is 12.3 Å². The molecule has 0 amide bonds. The molecule has 0 spiro atoms. The third kappa shape index (κ3) is 1.44. The van der Waals surface area contributed by atoms with E-state index < -0.39 is 0 Å². The Labute approximate surface area is 93.9 Å². The van der Waals surface area contributed by atoms with E-state index in [1.165, 1.54) is 0 Å². The molecule has 1 atom stereocenters. The maximum absolute atomic E-state index is 5.95. The fourth-order valence-corrected chi connectivity index (χ4v) is 2.34. The van der Waals surface area contributed by atoms with E-state index in [9.17, 15) is 0 Å². The van der Waals surface area contributed by atoms with Gasteiger partial charge >= 0.3 is 0 Å². The number of nitrogens with zero attached hydrogens (tertiary/aromatic N) is 4. The van der Waals surface area contributed by atoms with Crippen LogP contribution in [0.15, 0.2) is 18.3 Å². The van der Waals surface area contributed by atoms with Crippen LogP contribution in [0.3, 0.4) is 0 Å². The molecule has 0 aromatic carbocycles. The number of nitrogen functional groups attached to an aromatic ring is 1. The van der Waals surface area contributed by atoms with Crippen molar-refractivity contribution < 1.29 is 0 Å². The van der Waals surface area contributed by atoms with Gasteiger partial charge in [0.15, 0.2) is 5.65 Å². The first-order valence-corrected chi connectivity index (χ1v) is 5.53. The Kier molecular flexibility index (Phi) is 2.07. The molecule has 1 aliphatic heterocycles. The van der Waals surface area contributed by atoms with Crippen LogP contribution < -0.4 is 5.73 Å². The van der Waals surface area contributed by atoms with Crippen molar-refractivity contribution in [1.82, 2.24) is 19.5 Å². The van der Waals surface area contributed by atoms with E-state index in [0.29, 0.717) is 11.7 Å². The molecule has 3 heterocycles. The van der Waals surface area contributed by atoms with Crippen LogP contribution in [0.1, 0.15) is 18.0 Å². The van der Waals surface area contributed by atoms with Gasteiger partial charge in [0.05, 0.1) is 11.9 Å². The first-order valence-electron chi connectivity index (χ1n) is 5.53. The van der Waals surface area contributed by atoms with Gasteiger partial charge < -0.3 is 10.6 Å². The molecule has 1 aliphatic rings. The van der Waals surface area contributed by atoms with Gasteiger partial charge in [-0.2, -0.15) is 9.61 Å². The van der Waals surface area contributed by atoms with Gasteiger partial charge in [0.25, 0.3) is 0 Å². The van der Waals surface area contributed by atoms with Crippen LogP contribution in [0.2, 0.25) is 0 Å². The van der Waals surface area contributed by atoms with Gasteiger partial charge in [-0.15, -0.1) is 0 Å². The van der Waals surface area contributed by atoms with E-state index in [2.05, 4.69) is 22.0 Å². The van der Waals surface area contributed by atoms with Gasteiger partial charge in [-0.1, -0.05) is 0 Å². The van der Waals surface area contributed by atoms with Crippen molar-refractivity contribution in [3.8, 4) is 0 Å². The van der Waals surface area contributed by atoms with E-state index in [0.717, 1.165) is 30.9 Å². The number of fused-ring (bicyclic) bond motifs is 1. The van der Waals surface area contributed by atoms with Gasteiger partial charge in [-0.3, -0.25) is 0 Å². The highest BCUT2D eigenvalue weighted by Crippen LogP contribution is 2.26. The van der Waals surface area contributed by atoms with Crippen molar-refractivity contribution in [1.29, 1.82) is 0 Å². The van der Waals surface area contributed by atoms with Crippen molar-refractivity contribution in [3.05, 3.63) is 24.0 Å². The molecule has 2 N–H and O–H groups in total. The van der Waals surface area contributed by atoms with Crippen LogP contribution >= 0.6 is 0 Å². The van der Waals surface area contributed by atoms with Gasteiger partial charge in [0, 0.05) is 24.6 Å². The van der Waals surface area contributed by atoms with Crippen molar-refractivity contribution >= 4 is 11.5 Å². The molecule has 0 aliphatic carbocycles. The number of hydrogen-bond acceptors (Lipinski definition) is 4. The summed E-state index contributed by atoms with van der Waals surface area (Å²) in [5.74, 6) is 1.17. The lowest BCUT2D eigenvalue weighted by atomic mass is 10.0. The summed E-state index contributed by atoms with van der Waals surface area (Å²) in [6.07, 6.45) is 2.89. The molecule has 0 radical (unpaired) electrons. The molecule has 3 rings (SSSR count). The molecule has 0 saturated carbocycles. The van der Waals surface area contributed by atoms with E-state index in [4.69, 9.17) is 5.73 Å². The summed E-state index contributed by atoms with van der Waals surface area (Å²) >= 11 is 0. The highest BCUT2D eigenvalue weighted by Gasteiger charge is 2.23. The predicted octanol–water partition coefficient (Wildman–Crippen LogP) is 0.731. The lowest BCUT2D eigenvalue weighted by Crippen LogP contribution is -2.14. The lowest BCUT2D eigenvalue weighted by Gasteiger charge is -2.11. The van der Waals surface area contributed by atoms with Crippen LogP contribution in [0.5, 0.6) is 0 Å². The normalized spacial score (nSPS) is 21.9. The Morgan fingerprint density at radius 2 is 2.38 bits per heavy atom. The molecule has 1 unspecified atom stereocenters. The SMILES string of the molecule is CN1CCC(c2cc(N)n3nccc3n2)C1. The number of aromatic nitrogens is 3. The first-order chi connectivity index (χ1) is 7.74. The van der Waals surface area contributed by atoms with Crippen LogP contribution in [0.4, 0.5) is 5.82 Å². The van der Waals surface area contributed by atoms with Crippen LogP contribution in [0, 0.1) is 0 Å². The maximum atomic E-state index is 5.95. The molecular weight excluding hydrogens is 202 g/mol. The molecule has 84 valence electrons. The summed E-state index contributed by atoms with van der Waals surface area (Å²) < 4.78 is 1.67. The molecule has 5 heteroatoms. The predicted molar refractivity (Wildman–Crippen MR) is 62.3 cm³/mol. The third-order valence-corrected chi connectivity index (χ3v) is 3.22. The average Bonchev–Trinajstić information content (AvgIpc) is 2.85. The van der Waals surface area contributed by atoms with Crippen LogP contribution in [-0.4, -0.2) is 39.6 Å². The quantitative estimate of drug-likeness (QED) is 0.765. The van der Waals surface area contributed by atoms with E-state index in [-0.39, 0.29) is 0 Å². The van der Waals surface area contributed by atoms with E-state index in [1.54, 1.807) is 10.7 Å². The summed E-state index contributed by atoms with van der Waals surface area (Å²) in [5, 5.41) is 4.12. The lowest BCUT2D eigenvalue weighted by molar-refractivity contribution is 0.411. The van der Waals surface area contributed by atoms with Crippen molar-refractivity contribution in [2.24, 2.45) is 0 Å². The smallest absolute Gasteiger partial charge is 0.157 e. The van der Waals surface area contributed by atoms with Crippen molar-refractivity contribution in [3.63, 3.8) is 0 Å². The minimum atomic E-state index is 0.507. The summed E-state index contributed by atoms with van der Waals surface area (Å²) in [4.78, 5) is 6.93. The second-order valence-corrected chi connectivity index (χ2v) is 4.45. The fourth-order valence-electron chi connectivity index (χ4n) is 2.34. The molecule has 5 nitrogen and oxygen atoms in total. The number of nitrogens with two attached hydrogens (primary N) is 1. The number of likely N-dealkylation sites (N-methyl/N-ethyl adjacent to an activating group) is 1. The number of rotatable bonds is 1. The zero-order valence-electron chi connectivity index (χ0n) is 9.30. The minimum absolute atomic E-state index is 0.507. The summed E-state index contributed by atoms with van der Waals surface area (Å²) in [6, 6.07) is 3.84. The standard InChI is InChI=1S/C11H15N5/c1-15-5-3-8(7-15)9-6-10(12)16-11(14-9)2-4-13-16/h2,4,6,8H,3,5,7,12H2,1H3. The van der Waals surface area contributed by atoms with Crippen molar-refractivity contribution in [2.75, 3.05) is 25.9 Å². The van der Waals surface area contributed by atoms with Gasteiger partial charge in [0.1, 0.15) is 5.82 Å². The third-order valence-electron chi connectivity index (χ3n) is 3.22. The van der Waals surface area contributed by atoms with Crippen LogP contribution in [0.25, 0.3) is 5.65 Å². The fraction of sp³-hybridized carbons (Fsp3) is 0.455.